The molecular weight excluding hydrogens is 567 g/mol. The molecule has 0 radical (unpaired) electrons. The molecule has 9 heteroatoms. The van der Waals surface area contributed by atoms with Crippen molar-refractivity contribution in [3.8, 4) is 11.1 Å². The lowest BCUT2D eigenvalue weighted by Crippen LogP contribution is -2.16. The van der Waals surface area contributed by atoms with Crippen LogP contribution in [0.4, 0.5) is 13.2 Å². The molecule has 0 spiro atoms. The average molecular weight is 598 g/mol. The van der Waals surface area contributed by atoms with Crippen LogP contribution in [0.15, 0.2) is 94.7 Å². The first kappa shape index (κ1) is 30.7. The van der Waals surface area contributed by atoms with Crippen LogP contribution in [0, 0.1) is 20.8 Å². The molecule has 0 aliphatic rings. The maximum Gasteiger partial charge on any atom is 0.416 e. The van der Waals surface area contributed by atoms with Gasteiger partial charge in [0.2, 0.25) is 0 Å². The fourth-order valence-corrected chi connectivity index (χ4v) is 6.19. The van der Waals surface area contributed by atoms with Gasteiger partial charge in [-0.1, -0.05) is 72.3 Å². The fourth-order valence-electron chi connectivity index (χ4n) is 4.49. The quantitative estimate of drug-likeness (QED) is 0.137. The third kappa shape index (κ3) is 8.87. The highest BCUT2D eigenvalue weighted by atomic mass is 32.2. The van der Waals surface area contributed by atoms with Crippen LogP contribution in [0.5, 0.6) is 0 Å². The van der Waals surface area contributed by atoms with Gasteiger partial charge in [-0.05, 0) is 84.3 Å². The topological polar surface area (TPSA) is 49.8 Å². The minimum Gasteiger partial charge on any atom is -0.479 e. The summed E-state index contributed by atoms with van der Waals surface area (Å²) in [5, 5.41) is 8.77. The molecule has 4 aromatic rings. The summed E-state index contributed by atoms with van der Waals surface area (Å²) in [7, 11) is 0. The standard InChI is InChI=1S/C32H30F3NO3S2/c1-21-14-22(2)31(23(3)15-21)40-36(19-25-6-4-8-28(16-25)32(33,34)35)18-24-10-12-26(13-11-24)27-7-5-9-29(17-27)41-39-20-30(37)38/h4-17H,18-20H2,1-3H3,(H,37,38). The van der Waals surface area contributed by atoms with Crippen LogP contribution >= 0.6 is 24.0 Å². The van der Waals surface area contributed by atoms with Gasteiger partial charge in [-0.25, -0.2) is 9.10 Å². The second-order valence-corrected chi connectivity index (χ2v) is 11.8. The number of halogens is 3. The Morgan fingerprint density at radius 3 is 2.15 bits per heavy atom. The first-order valence-electron chi connectivity index (χ1n) is 12.9. The predicted octanol–water partition coefficient (Wildman–Crippen LogP) is 9.12. The van der Waals surface area contributed by atoms with Crippen molar-refractivity contribution in [3.05, 3.63) is 118 Å². The van der Waals surface area contributed by atoms with E-state index in [4.69, 9.17) is 9.29 Å². The molecule has 0 heterocycles. The molecule has 214 valence electrons. The van der Waals surface area contributed by atoms with Gasteiger partial charge in [0.05, 0.1) is 5.56 Å². The van der Waals surface area contributed by atoms with Gasteiger partial charge >= 0.3 is 12.1 Å². The number of benzene rings is 4. The smallest absolute Gasteiger partial charge is 0.416 e. The van der Waals surface area contributed by atoms with Crippen LogP contribution < -0.4 is 0 Å². The Hall–Kier alpha value is -3.24. The SMILES string of the molecule is Cc1cc(C)c(SN(Cc2ccc(-c3cccc(SOCC(=O)O)c3)cc2)Cc2cccc(C(F)(F)F)c2)c(C)c1. The lowest BCUT2D eigenvalue weighted by molar-refractivity contribution is -0.139. The maximum atomic E-state index is 13.4. The Balaban J connectivity index is 1.56. The molecule has 0 saturated heterocycles. The highest BCUT2D eigenvalue weighted by Crippen LogP contribution is 2.35. The zero-order valence-corrected chi connectivity index (χ0v) is 24.5. The van der Waals surface area contributed by atoms with E-state index in [9.17, 15) is 18.0 Å². The monoisotopic (exact) mass is 597 g/mol. The molecule has 0 atom stereocenters. The molecule has 0 aromatic heterocycles. The van der Waals surface area contributed by atoms with E-state index in [2.05, 4.69) is 30.3 Å². The number of carboxylic acids is 1. The molecule has 0 saturated carbocycles. The normalized spacial score (nSPS) is 11.7. The Labute approximate surface area is 246 Å². The lowest BCUT2D eigenvalue weighted by Gasteiger charge is -2.24. The zero-order chi connectivity index (χ0) is 29.6. The van der Waals surface area contributed by atoms with Crippen molar-refractivity contribution in [2.24, 2.45) is 0 Å². The minimum absolute atomic E-state index is 0.332. The van der Waals surface area contributed by atoms with Crippen LogP contribution in [0.3, 0.4) is 0 Å². The molecule has 41 heavy (non-hydrogen) atoms. The van der Waals surface area contributed by atoms with E-state index in [-0.39, 0.29) is 6.61 Å². The van der Waals surface area contributed by atoms with Gasteiger partial charge < -0.3 is 5.11 Å². The van der Waals surface area contributed by atoms with Crippen LogP contribution in [-0.2, 0) is 28.2 Å². The van der Waals surface area contributed by atoms with Crippen LogP contribution in [0.1, 0.15) is 33.4 Å². The van der Waals surface area contributed by atoms with E-state index < -0.39 is 17.7 Å². The van der Waals surface area contributed by atoms with Crippen molar-refractivity contribution in [2.75, 3.05) is 6.61 Å². The van der Waals surface area contributed by atoms with E-state index in [1.807, 2.05) is 55.5 Å². The molecule has 0 aliphatic heterocycles. The number of hydrogen-bond donors (Lipinski definition) is 1. The van der Waals surface area contributed by atoms with Gasteiger partial charge in [-0.3, -0.25) is 4.18 Å². The second kappa shape index (κ2) is 13.6. The highest BCUT2D eigenvalue weighted by molar-refractivity contribution is 7.97. The van der Waals surface area contributed by atoms with Gasteiger partial charge in [-0.15, -0.1) is 0 Å². The average Bonchev–Trinajstić information content (AvgIpc) is 2.91. The van der Waals surface area contributed by atoms with E-state index in [0.29, 0.717) is 18.7 Å². The molecule has 4 nitrogen and oxygen atoms in total. The third-order valence-corrected chi connectivity index (χ3v) is 8.28. The summed E-state index contributed by atoms with van der Waals surface area (Å²) in [4.78, 5) is 12.6. The second-order valence-electron chi connectivity index (χ2n) is 9.78. The summed E-state index contributed by atoms with van der Waals surface area (Å²) in [6.45, 7) is 6.62. The molecule has 4 rings (SSSR count). The van der Waals surface area contributed by atoms with Gasteiger partial charge in [0.15, 0.2) is 6.61 Å². The number of hydrogen-bond acceptors (Lipinski definition) is 5. The molecule has 0 amide bonds. The lowest BCUT2D eigenvalue weighted by atomic mass is 10.0. The van der Waals surface area contributed by atoms with Crippen molar-refractivity contribution in [1.82, 2.24) is 4.31 Å². The number of alkyl halides is 3. The molecular formula is C32H30F3NO3S2. The molecule has 4 aromatic carbocycles. The molecule has 0 unspecified atom stereocenters. The zero-order valence-electron chi connectivity index (χ0n) is 22.9. The van der Waals surface area contributed by atoms with Gasteiger partial charge in [0, 0.05) is 34.9 Å². The van der Waals surface area contributed by atoms with Crippen molar-refractivity contribution in [1.29, 1.82) is 0 Å². The van der Waals surface area contributed by atoms with Gasteiger partial charge in [0.1, 0.15) is 0 Å². The Morgan fingerprint density at radius 2 is 1.49 bits per heavy atom. The number of carboxylic acid groups (broad SMARTS) is 1. The number of nitrogens with zero attached hydrogens (tertiary/aromatic N) is 1. The summed E-state index contributed by atoms with van der Waals surface area (Å²) in [6.07, 6.45) is -4.40. The summed E-state index contributed by atoms with van der Waals surface area (Å²) < 4.78 is 47.4. The van der Waals surface area contributed by atoms with E-state index in [1.54, 1.807) is 18.0 Å². The van der Waals surface area contributed by atoms with Crippen molar-refractivity contribution >= 4 is 30.0 Å². The van der Waals surface area contributed by atoms with Crippen molar-refractivity contribution in [3.63, 3.8) is 0 Å². The minimum atomic E-state index is -4.40. The largest absolute Gasteiger partial charge is 0.479 e. The number of aliphatic carboxylic acids is 1. The summed E-state index contributed by atoms with van der Waals surface area (Å²) in [5.74, 6) is -1.03. The number of rotatable bonds is 11. The van der Waals surface area contributed by atoms with Gasteiger partial charge in [0.25, 0.3) is 0 Å². The molecule has 0 bridgehead atoms. The number of aryl methyl sites for hydroxylation is 3. The fraction of sp³-hybridized carbons (Fsp3) is 0.219. The van der Waals surface area contributed by atoms with Crippen LogP contribution in [0.2, 0.25) is 0 Å². The highest BCUT2D eigenvalue weighted by Gasteiger charge is 2.30. The van der Waals surface area contributed by atoms with E-state index in [0.717, 1.165) is 55.7 Å². The van der Waals surface area contributed by atoms with Crippen LogP contribution in [0.25, 0.3) is 11.1 Å². The predicted molar refractivity (Wildman–Crippen MR) is 159 cm³/mol. The third-order valence-electron chi connectivity index (χ3n) is 6.26. The summed E-state index contributed by atoms with van der Waals surface area (Å²) >= 11 is 2.58. The summed E-state index contributed by atoms with van der Waals surface area (Å²) in [6, 6.07) is 25.4. The Kier molecular flexibility index (Phi) is 10.2. The Morgan fingerprint density at radius 1 is 0.829 bits per heavy atom. The van der Waals surface area contributed by atoms with Crippen molar-refractivity contribution in [2.45, 2.75) is 49.8 Å². The van der Waals surface area contributed by atoms with Gasteiger partial charge in [-0.2, -0.15) is 13.2 Å². The van der Waals surface area contributed by atoms with Crippen molar-refractivity contribution < 1.29 is 27.3 Å². The molecule has 1 N–H and O–H groups in total. The molecule has 0 aliphatic carbocycles. The summed E-state index contributed by atoms with van der Waals surface area (Å²) in [5.41, 5.74) is 6.32. The maximum absolute atomic E-state index is 13.4. The van der Waals surface area contributed by atoms with E-state index in [1.165, 1.54) is 17.7 Å². The molecule has 0 fully saturated rings. The van der Waals surface area contributed by atoms with Crippen LogP contribution in [-0.4, -0.2) is 22.0 Å². The Bertz CT molecular complexity index is 1480. The number of carbonyl (C=O) groups is 1. The first-order valence-corrected chi connectivity index (χ1v) is 14.4. The van der Waals surface area contributed by atoms with E-state index >= 15 is 0 Å². The first-order chi connectivity index (χ1) is 19.5.